The second-order valence-electron chi connectivity index (χ2n) is 4.53. The molecular formula is C13H22N2O. The molecule has 0 aliphatic carbocycles. The Labute approximate surface area is 98.2 Å². The van der Waals surface area contributed by atoms with Gasteiger partial charge in [-0.2, -0.15) is 0 Å². The van der Waals surface area contributed by atoms with E-state index in [1.54, 1.807) is 7.11 Å². The topological polar surface area (TPSA) is 38.5 Å². The molecular weight excluding hydrogens is 200 g/mol. The first-order chi connectivity index (χ1) is 7.54. The highest BCUT2D eigenvalue weighted by Crippen LogP contribution is 2.27. The number of anilines is 2. The van der Waals surface area contributed by atoms with Crippen molar-refractivity contribution in [3.8, 4) is 5.75 Å². The summed E-state index contributed by atoms with van der Waals surface area (Å²) in [6.45, 7) is 5.51. The Balaban J connectivity index is 2.72. The standard InChI is InChI=1S/C13H22N2O/c1-10(2)7-8-15(3)11-5-6-12(14)13(9-11)16-4/h5-6,9-10H,7-8,14H2,1-4H3. The SMILES string of the molecule is COc1cc(N(C)CCC(C)C)ccc1N. The summed E-state index contributed by atoms with van der Waals surface area (Å²) in [5, 5.41) is 0. The van der Waals surface area contributed by atoms with Gasteiger partial charge in [0.05, 0.1) is 12.8 Å². The molecule has 0 bridgehead atoms. The molecule has 1 aromatic carbocycles. The maximum atomic E-state index is 5.78. The number of methoxy groups -OCH3 is 1. The van der Waals surface area contributed by atoms with Gasteiger partial charge in [-0.25, -0.2) is 0 Å². The molecule has 0 aliphatic heterocycles. The van der Waals surface area contributed by atoms with Crippen LogP contribution in [0.2, 0.25) is 0 Å². The van der Waals surface area contributed by atoms with Crippen LogP contribution in [0.4, 0.5) is 11.4 Å². The van der Waals surface area contributed by atoms with Gasteiger partial charge in [0.2, 0.25) is 0 Å². The van der Waals surface area contributed by atoms with Gasteiger partial charge < -0.3 is 15.4 Å². The molecule has 1 rings (SSSR count). The lowest BCUT2D eigenvalue weighted by molar-refractivity contribution is 0.417. The summed E-state index contributed by atoms with van der Waals surface area (Å²) >= 11 is 0. The van der Waals surface area contributed by atoms with Gasteiger partial charge in [0.1, 0.15) is 5.75 Å². The molecule has 0 aliphatic rings. The van der Waals surface area contributed by atoms with Crippen LogP contribution in [-0.2, 0) is 0 Å². The average Bonchev–Trinajstić information content (AvgIpc) is 2.26. The van der Waals surface area contributed by atoms with Crippen molar-refractivity contribution in [1.29, 1.82) is 0 Å². The van der Waals surface area contributed by atoms with E-state index in [-0.39, 0.29) is 0 Å². The third-order valence-electron chi connectivity index (χ3n) is 2.70. The monoisotopic (exact) mass is 222 g/mol. The van der Waals surface area contributed by atoms with E-state index in [4.69, 9.17) is 10.5 Å². The Morgan fingerprint density at radius 1 is 1.38 bits per heavy atom. The molecule has 0 radical (unpaired) electrons. The van der Waals surface area contributed by atoms with E-state index in [0.29, 0.717) is 5.69 Å². The molecule has 0 atom stereocenters. The summed E-state index contributed by atoms with van der Waals surface area (Å²) < 4.78 is 5.21. The predicted octanol–water partition coefficient (Wildman–Crippen LogP) is 2.76. The summed E-state index contributed by atoms with van der Waals surface area (Å²) in [7, 11) is 3.73. The van der Waals surface area contributed by atoms with Gasteiger partial charge in [-0.1, -0.05) is 13.8 Å². The number of ether oxygens (including phenoxy) is 1. The lowest BCUT2D eigenvalue weighted by Gasteiger charge is -2.21. The molecule has 0 unspecified atom stereocenters. The molecule has 0 saturated heterocycles. The van der Waals surface area contributed by atoms with Gasteiger partial charge >= 0.3 is 0 Å². The first-order valence-electron chi connectivity index (χ1n) is 5.69. The molecule has 1 aromatic rings. The first-order valence-corrected chi connectivity index (χ1v) is 5.69. The molecule has 0 heterocycles. The predicted molar refractivity (Wildman–Crippen MR) is 70.1 cm³/mol. The number of hydrogen-bond donors (Lipinski definition) is 1. The van der Waals surface area contributed by atoms with Crippen molar-refractivity contribution in [3.05, 3.63) is 18.2 Å². The molecule has 90 valence electrons. The van der Waals surface area contributed by atoms with Gasteiger partial charge in [-0.3, -0.25) is 0 Å². The van der Waals surface area contributed by atoms with Gasteiger partial charge in [0.15, 0.2) is 0 Å². The molecule has 0 fully saturated rings. The smallest absolute Gasteiger partial charge is 0.143 e. The quantitative estimate of drug-likeness (QED) is 0.778. The fourth-order valence-corrected chi connectivity index (χ4v) is 1.52. The normalized spacial score (nSPS) is 10.6. The summed E-state index contributed by atoms with van der Waals surface area (Å²) in [4.78, 5) is 2.22. The van der Waals surface area contributed by atoms with Crippen molar-refractivity contribution < 1.29 is 4.74 Å². The number of benzene rings is 1. The fourth-order valence-electron chi connectivity index (χ4n) is 1.52. The van der Waals surface area contributed by atoms with Crippen molar-refractivity contribution in [2.75, 3.05) is 31.3 Å². The molecule has 0 saturated carbocycles. The Kier molecular flexibility index (Phi) is 4.47. The van der Waals surface area contributed by atoms with Crippen LogP contribution in [0.15, 0.2) is 18.2 Å². The Morgan fingerprint density at radius 3 is 2.62 bits per heavy atom. The van der Waals surface area contributed by atoms with Crippen molar-refractivity contribution in [2.45, 2.75) is 20.3 Å². The van der Waals surface area contributed by atoms with Gasteiger partial charge in [-0.05, 0) is 24.5 Å². The zero-order valence-electron chi connectivity index (χ0n) is 10.7. The van der Waals surface area contributed by atoms with Crippen molar-refractivity contribution >= 4 is 11.4 Å². The first kappa shape index (κ1) is 12.7. The zero-order chi connectivity index (χ0) is 12.1. The highest BCUT2D eigenvalue weighted by atomic mass is 16.5. The third-order valence-corrected chi connectivity index (χ3v) is 2.70. The highest BCUT2D eigenvalue weighted by molar-refractivity contribution is 5.62. The number of nitrogens with zero attached hydrogens (tertiary/aromatic N) is 1. The maximum absolute atomic E-state index is 5.78. The van der Waals surface area contributed by atoms with Crippen LogP contribution >= 0.6 is 0 Å². The molecule has 3 nitrogen and oxygen atoms in total. The maximum Gasteiger partial charge on any atom is 0.143 e. The van der Waals surface area contributed by atoms with Crippen LogP contribution in [0, 0.1) is 5.92 Å². The molecule has 16 heavy (non-hydrogen) atoms. The van der Waals surface area contributed by atoms with E-state index in [0.717, 1.165) is 23.9 Å². The van der Waals surface area contributed by atoms with E-state index in [1.165, 1.54) is 6.42 Å². The van der Waals surface area contributed by atoms with E-state index in [9.17, 15) is 0 Å². The van der Waals surface area contributed by atoms with Crippen LogP contribution in [0.3, 0.4) is 0 Å². The van der Waals surface area contributed by atoms with Crippen molar-refractivity contribution in [1.82, 2.24) is 0 Å². The summed E-state index contributed by atoms with van der Waals surface area (Å²) in [5.74, 6) is 1.46. The summed E-state index contributed by atoms with van der Waals surface area (Å²) in [6.07, 6.45) is 1.18. The Bertz CT molecular complexity index is 337. The van der Waals surface area contributed by atoms with E-state index in [1.807, 2.05) is 18.2 Å². The van der Waals surface area contributed by atoms with E-state index < -0.39 is 0 Å². The lowest BCUT2D eigenvalue weighted by Crippen LogP contribution is -2.19. The second-order valence-corrected chi connectivity index (χ2v) is 4.53. The second kappa shape index (κ2) is 5.64. The van der Waals surface area contributed by atoms with Gasteiger partial charge in [0.25, 0.3) is 0 Å². The fraction of sp³-hybridized carbons (Fsp3) is 0.538. The minimum absolute atomic E-state index is 0.684. The zero-order valence-corrected chi connectivity index (χ0v) is 10.7. The van der Waals surface area contributed by atoms with Crippen LogP contribution in [0.5, 0.6) is 5.75 Å². The number of hydrogen-bond acceptors (Lipinski definition) is 3. The number of rotatable bonds is 5. The highest BCUT2D eigenvalue weighted by Gasteiger charge is 2.05. The van der Waals surface area contributed by atoms with E-state index in [2.05, 4.69) is 25.8 Å². The van der Waals surface area contributed by atoms with Crippen LogP contribution in [0.25, 0.3) is 0 Å². The number of nitrogen functional groups attached to an aromatic ring is 1. The van der Waals surface area contributed by atoms with Crippen LogP contribution in [0.1, 0.15) is 20.3 Å². The molecule has 3 heteroatoms. The Hall–Kier alpha value is -1.38. The largest absolute Gasteiger partial charge is 0.495 e. The van der Waals surface area contributed by atoms with Crippen LogP contribution < -0.4 is 15.4 Å². The minimum atomic E-state index is 0.684. The minimum Gasteiger partial charge on any atom is -0.495 e. The van der Waals surface area contributed by atoms with Gasteiger partial charge in [0, 0.05) is 25.3 Å². The van der Waals surface area contributed by atoms with Crippen LogP contribution in [-0.4, -0.2) is 20.7 Å². The molecule has 0 aromatic heterocycles. The average molecular weight is 222 g/mol. The molecule has 0 spiro atoms. The number of nitrogens with two attached hydrogens (primary N) is 1. The lowest BCUT2D eigenvalue weighted by atomic mass is 10.1. The molecule has 0 amide bonds. The third kappa shape index (κ3) is 3.33. The van der Waals surface area contributed by atoms with Gasteiger partial charge in [-0.15, -0.1) is 0 Å². The van der Waals surface area contributed by atoms with Crippen molar-refractivity contribution in [3.63, 3.8) is 0 Å². The van der Waals surface area contributed by atoms with E-state index >= 15 is 0 Å². The summed E-state index contributed by atoms with van der Waals surface area (Å²) in [5.41, 5.74) is 7.61. The Morgan fingerprint density at radius 2 is 2.06 bits per heavy atom. The molecule has 2 N–H and O–H groups in total. The van der Waals surface area contributed by atoms with Crippen molar-refractivity contribution in [2.24, 2.45) is 5.92 Å². The summed E-state index contributed by atoms with van der Waals surface area (Å²) in [6, 6.07) is 5.90.